The summed E-state index contributed by atoms with van der Waals surface area (Å²) >= 11 is 0. The summed E-state index contributed by atoms with van der Waals surface area (Å²) in [5.74, 6) is -1.58. The lowest BCUT2D eigenvalue weighted by Gasteiger charge is -2.07. The van der Waals surface area contributed by atoms with Crippen molar-refractivity contribution in [3.8, 4) is 0 Å². The average molecular weight is 311 g/mol. The predicted molar refractivity (Wildman–Crippen MR) is 73.5 cm³/mol. The van der Waals surface area contributed by atoms with Gasteiger partial charge in [-0.15, -0.1) is 0 Å². The normalized spacial score (nSPS) is 10.5. The Hall–Kier alpha value is -2.42. The van der Waals surface area contributed by atoms with Crippen LogP contribution in [0.2, 0.25) is 0 Å². The van der Waals surface area contributed by atoms with Crippen molar-refractivity contribution in [3.63, 3.8) is 0 Å². The molecule has 9 nitrogen and oxygen atoms in total. The van der Waals surface area contributed by atoms with Crippen LogP contribution in [0.25, 0.3) is 10.4 Å². The molecule has 0 atom stereocenters. The van der Waals surface area contributed by atoms with Gasteiger partial charge in [-0.2, -0.15) is 0 Å². The Kier molecular flexibility index (Phi) is 5.85. The van der Waals surface area contributed by atoms with E-state index >= 15 is 0 Å². The zero-order valence-corrected chi connectivity index (χ0v) is 11.9. The van der Waals surface area contributed by atoms with Crippen LogP contribution in [-0.4, -0.2) is 33.3 Å². The molecule has 2 amide bonds. The number of benzene rings is 1. The molecule has 0 saturated carbocycles. The van der Waals surface area contributed by atoms with E-state index in [1.54, 1.807) is 12.1 Å². The van der Waals surface area contributed by atoms with Gasteiger partial charge in [-0.1, -0.05) is 17.7 Å². The molecule has 2 N–H and O–H groups in total. The van der Waals surface area contributed by atoms with Crippen LogP contribution >= 0.6 is 0 Å². The maximum atomic E-state index is 11.9. The molecular formula is C11H13N5O4S. The summed E-state index contributed by atoms with van der Waals surface area (Å²) in [5.41, 5.74) is 8.90. The molecule has 0 saturated heterocycles. The Morgan fingerprint density at radius 1 is 1.24 bits per heavy atom. The lowest BCUT2D eigenvalue weighted by Crippen LogP contribution is -2.38. The molecule has 0 fully saturated rings. The molecule has 0 spiro atoms. The SMILES string of the molecule is Cc1ccc(S(=O)(=O)NCC(=O)NCC(=O)N=[N+]=[N-])cc1. The molecule has 0 radical (unpaired) electrons. The van der Waals surface area contributed by atoms with E-state index in [-0.39, 0.29) is 4.90 Å². The maximum Gasteiger partial charge on any atom is 0.241 e. The Labute approximate surface area is 121 Å². The van der Waals surface area contributed by atoms with Gasteiger partial charge in [0.25, 0.3) is 0 Å². The summed E-state index contributed by atoms with van der Waals surface area (Å²) in [6.45, 7) is 0.799. The number of sulfonamides is 1. The summed E-state index contributed by atoms with van der Waals surface area (Å²) in [6, 6.07) is 6.10. The van der Waals surface area contributed by atoms with Crippen LogP contribution in [0.15, 0.2) is 34.3 Å². The lowest BCUT2D eigenvalue weighted by molar-refractivity contribution is -0.124. The van der Waals surface area contributed by atoms with Gasteiger partial charge in [0, 0.05) is 4.91 Å². The molecule has 1 aromatic carbocycles. The minimum Gasteiger partial charge on any atom is -0.348 e. The van der Waals surface area contributed by atoms with E-state index in [1.165, 1.54) is 12.1 Å². The van der Waals surface area contributed by atoms with Crippen molar-refractivity contribution in [2.45, 2.75) is 11.8 Å². The Balaban J connectivity index is 2.53. The molecule has 0 aliphatic heterocycles. The van der Waals surface area contributed by atoms with E-state index in [0.717, 1.165) is 5.56 Å². The summed E-state index contributed by atoms with van der Waals surface area (Å²) in [5, 5.41) is 4.87. The number of carbonyl (C=O) groups is 2. The Bertz CT molecular complexity index is 677. The second kappa shape index (κ2) is 7.39. The fourth-order valence-corrected chi connectivity index (χ4v) is 2.27. The van der Waals surface area contributed by atoms with E-state index in [1.807, 2.05) is 6.92 Å². The Morgan fingerprint density at radius 2 is 1.86 bits per heavy atom. The van der Waals surface area contributed by atoms with Crippen molar-refractivity contribution in [2.75, 3.05) is 13.1 Å². The number of rotatable bonds is 6. The van der Waals surface area contributed by atoms with E-state index in [0.29, 0.717) is 0 Å². The van der Waals surface area contributed by atoms with Gasteiger partial charge in [0.05, 0.1) is 18.0 Å². The van der Waals surface area contributed by atoms with Crippen molar-refractivity contribution in [1.82, 2.24) is 10.0 Å². The summed E-state index contributed by atoms with van der Waals surface area (Å²) in [4.78, 5) is 24.5. The molecule has 10 heteroatoms. The zero-order valence-electron chi connectivity index (χ0n) is 11.1. The number of hydrogen-bond donors (Lipinski definition) is 2. The number of azide groups is 1. The second-order valence-corrected chi connectivity index (χ2v) is 5.76. The van der Waals surface area contributed by atoms with Crippen LogP contribution in [0.5, 0.6) is 0 Å². The van der Waals surface area contributed by atoms with E-state index in [4.69, 9.17) is 5.53 Å². The molecule has 0 aromatic heterocycles. The largest absolute Gasteiger partial charge is 0.348 e. The van der Waals surface area contributed by atoms with Gasteiger partial charge in [0.1, 0.15) is 0 Å². The van der Waals surface area contributed by atoms with Crippen LogP contribution in [0.4, 0.5) is 0 Å². The summed E-state index contributed by atoms with van der Waals surface area (Å²) in [7, 11) is -3.80. The zero-order chi connectivity index (χ0) is 15.9. The molecule has 0 aliphatic carbocycles. The first kappa shape index (κ1) is 16.6. The summed E-state index contributed by atoms with van der Waals surface area (Å²) in [6.07, 6.45) is 0. The van der Waals surface area contributed by atoms with Gasteiger partial charge in [0.15, 0.2) is 0 Å². The molecular weight excluding hydrogens is 298 g/mol. The van der Waals surface area contributed by atoms with Gasteiger partial charge in [-0.3, -0.25) is 9.59 Å². The van der Waals surface area contributed by atoms with Gasteiger partial charge in [-0.05, 0) is 29.7 Å². The molecule has 112 valence electrons. The third-order valence-corrected chi connectivity index (χ3v) is 3.76. The minimum absolute atomic E-state index is 0.0334. The molecule has 0 unspecified atom stereocenters. The van der Waals surface area contributed by atoms with Crippen molar-refractivity contribution in [2.24, 2.45) is 5.11 Å². The number of amides is 2. The average Bonchev–Trinajstić information content (AvgIpc) is 2.44. The molecule has 0 heterocycles. The van der Waals surface area contributed by atoms with E-state index < -0.39 is 34.9 Å². The standard InChI is InChI=1S/C11H13N5O4S/c1-8-2-4-9(5-3-8)21(19,20)14-7-10(17)13-6-11(18)15-16-12/h2-5,14H,6-7H2,1H3,(H,13,17). The van der Waals surface area contributed by atoms with E-state index in [2.05, 4.69) is 20.1 Å². The quantitative estimate of drug-likeness (QED) is 0.440. The highest BCUT2D eigenvalue weighted by atomic mass is 32.2. The highest BCUT2D eigenvalue weighted by Crippen LogP contribution is 2.09. The number of aryl methyl sites for hydroxylation is 1. The van der Waals surface area contributed by atoms with Crippen LogP contribution in [-0.2, 0) is 19.6 Å². The molecule has 1 aromatic rings. The molecule has 0 aliphatic rings. The summed E-state index contributed by atoms with van der Waals surface area (Å²) < 4.78 is 25.8. The predicted octanol–water partition coefficient (Wildman–Crippen LogP) is 0.226. The third kappa shape index (κ3) is 5.61. The third-order valence-electron chi connectivity index (χ3n) is 2.35. The number of nitrogens with zero attached hydrogens (tertiary/aromatic N) is 3. The van der Waals surface area contributed by atoms with Gasteiger partial charge in [0.2, 0.25) is 21.8 Å². The monoisotopic (exact) mass is 311 g/mol. The second-order valence-electron chi connectivity index (χ2n) is 4.00. The number of hydrogen-bond acceptors (Lipinski definition) is 4. The minimum atomic E-state index is -3.80. The van der Waals surface area contributed by atoms with Crippen LogP contribution < -0.4 is 10.0 Å². The smallest absolute Gasteiger partial charge is 0.241 e. The fourth-order valence-electron chi connectivity index (χ4n) is 1.28. The highest BCUT2D eigenvalue weighted by Gasteiger charge is 2.15. The highest BCUT2D eigenvalue weighted by molar-refractivity contribution is 7.89. The molecule has 1 rings (SSSR count). The van der Waals surface area contributed by atoms with Gasteiger partial charge >= 0.3 is 0 Å². The molecule has 21 heavy (non-hydrogen) atoms. The number of carbonyl (C=O) groups excluding carboxylic acids is 2. The first-order valence-corrected chi connectivity index (χ1v) is 7.24. The molecule has 0 bridgehead atoms. The first-order chi connectivity index (χ1) is 9.85. The number of nitrogens with one attached hydrogen (secondary N) is 2. The topological polar surface area (TPSA) is 141 Å². The van der Waals surface area contributed by atoms with Crippen LogP contribution in [0.1, 0.15) is 5.56 Å². The lowest BCUT2D eigenvalue weighted by atomic mass is 10.2. The van der Waals surface area contributed by atoms with Crippen molar-refractivity contribution < 1.29 is 18.0 Å². The van der Waals surface area contributed by atoms with Crippen LogP contribution in [0, 0.1) is 6.92 Å². The van der Waals surface area contributed by atoms with Crippen molar-refractivity contribution >= 4 is 21.8 Å². The van der Waals surface area contributed by atoms with Crippen molar-refractivity contribution in [3.05, 3.63) is 40.3 Å². The van der Waals surface area contributed by atoms with Gasteiger partial charge < -0.3 is 5.32 Å². The Morgan fingerprint density at radius 3 is 2.43 bits per heavy atom. The van der Waals surface area contributed by atoms with Crippen molar-refractivity contribution in [1.29, 1.82) is 0 Å². The van der Waals surface area contributed by atoms with Crippen LogP contribution in [0.3, 0.4) is 0 Å². The fraction of sp³-hybridized carbons (Fsp3) is 0.273. The van der Waals surface area contributed by atoms with E-state index in [9.17, 15) is 18.0 Å². The maximum absolute atomic E-state index is 11.9. The van der Waals surface area contributed by atoms with Gasteiger partial charge in [-0.25, -0.2) is 13.1 Å². The first-order valence-electron chi connectivity index (χ1n) is 5.76.